The van der Waals surface area contributed by atoms with Gasteiger partial charge in [-0.05, 0) is 31.7 Å². The Balaban J connectivity index is 2.08. The van der Waals surface area contributed by atoms with Crippen molar-refractivity contribution in [3.05, 3.63) is 23.9 Å². The van der Waals surface area contributed by atoms with Crippen LogP contribution in [0.2, 0.25) is 0 Å². The maximum Gasteiger partial charge on any atom is 0.422 e. The van der Waals surface area contributed by atoms with Crippen molar-refractivity contribution in [1.29, 1.82) is 0 Å². The minimum atomic E-state index is -4.49. The van der Waals surface area contributed by atoms with E-state index in [0.29, 0.717) is 19.4 Å². The summed E-state index contributed by atoms with van der Waals surface area (Å²) in [6.45, 7) is -1.01. The molecule has 1 saturated heterocycles. The van der Waals surface area contributed by atoms with Gasteiger partial charge in [-0.25, -0.2) is 4.98 Å². The number of nitrogens with zero attached hydrogens (tertiary/aromatic N) is 2. The molecule has 1 amide bonds. The topological polar surface area (TPSA) is 79.7 Å². The maximum absolute atomic E-state index is 12.6. The summed E-state index contributed by atoms with van der Waals surface area (Å²) in [5, 5.41) is 8.82. The summed E-state index contributed by atoms with van der Waals surface area (Å²) < 4.78 is 41.2. The van der Waals surface area contributed by atoms with Gasteiger partial charge in [-0.2, -0.15) is 13.2 Å². The van der Waals surface area contributed by atoms with E-state index in [2.05, 4.69) is 9.72 Å². The highest BCUT2D eigenvalue weighted by molar-refractivity contribution is 5.92. The van der Waals surface area contributed by atoms with Gasteiger partial charge in [0.1, 0.15) is 5.69 Å². The number of aliphatic carboxylic acids is 1. The van der Waals surface area contributed by atoms with Crippen molar-refractivity contribution in [3.8, 4) is 5.88 Å². The van der Waals surface area contributed by atoms with Crippen molar-refractivity contribution in [2.24, 2.45) is 0 Å². The minimum absolute atomic E-state index is 0.0121. The molecule has 1 atom stereocenters. The molecular formula is C16H19F3N2O4. The van der Waals surface area contributed by atoms with E-state index in [0.717, 1.165) is 12.8 Å². The van der Waals surface area contributed by atoms with E-state index in [1.54, 1.807) is 4.90 Å². The second kappa shape index (κ2) is 8.17. The van der Waals surface area contributed by atoms with Crippen LogP contribution in [0.15, 0.2) is 18.2 Å². The average molecular weight is 360 g/mol. The van der Waals surface area contributed by atoms with Gasteiger partial charge in [0.15, 0.2) is 6.61 Å². The van der Waals surface area contributed by atoms with E-state index in [9.17, 15) is 22.8 Å². The number of amides is 1. The molecular weight excluding hydrogens is 341 g/mol. The summed E-state index contributed by atoms with van der Waals surface area (Å²) in [5.41, 5.74) is -0.0121. The van der Waals surface area contributed by atoms with Gasteiger partial charge in [-0.1, -0.05) is 6.07 Å². The second-order valence-corrected chi connectivity index (χ2v) is 5.85. The highest BCUT2D eigenvalue weighted by Gasteiger charge is 2.30. The number of alkyl halides is 3. The van der Waals surface area contributed by atoms with Crippen molar-refractivity contribution >= 4 is 11.9 Å². The molecule has 1 N–H and O–H groups in total. The quantitative estimate of drug-likeness (QED) is 0.844. The Bertz CT molecular complexity index is 622. The zero-order valence-electron chi connectivity index (χ0n) is 13.5. The van der Waals surface area contributed by atoms with E-state index in [1.807, 2.05) is 0 Å². The van der Waals surface area contributed by atoms with Gasteiger partial charge >= 0.3 is 12.1 Å². The Labute approximate surface area is 142 Å². The molecule has 1 fully saturated rings. The number of hydrogen-bond donors (Lipinski definition) is 1. The van der Waals surface area contributed by atoms with E-state index >= 15 is 0 Å². The molecule has 6 nitrogen and oxygen atoms in total. The monoisotopic (exact) mass is 360 g/mol. The number of carboxylic acid groups (broad SMARTS) is 1. The Morgan fingerprint density at radius 2 is 2.08 bits per heavy atom. The normalized spacial score (nSPS) is 18.0. The maximum atomic E-state index is 12.6. The molecule has 2 heterocycles. The lowest BCUT2D eigenvalue weighted by Gasteiger charge is -2.35. The molecule has 0 aromatic carbocycles. The van der Waals surface area contributed by atoms with Gasteiger partial charge in [0, 0.05) is 25.1 Å². The Hall–Kier alpha value is -2.32. The van der Waals surface area contributed by atoms with E-state index in [-0.39, 0.29) is 24.0 Å². The zero-order chi connectivity index (χ0) is 18.4. The van der Waals surface area contributed by atoms with Crippen LogP contribution in [0.1, 0.15) is 42.6 Å². The van der Waals surface area contributed by atoms with E-state index < -0.39 is 24.7 Å². The van der Waals surface area contributed by atoms with Crippen LogP contribution in [-0.2, 0) is 4.79 Å². The number of piperidine rings is 1. The third-order valence-electron chi connectivity index (χ3n) is 3.91. The predicted octanol–water partition coefficient (Wildman–Crippen LogP) is 2.88. The van der Waals surface area contributed by atoms with E-state index in [1.165, 1.54) is 18.2 Å². The van der Waals surface area contributed by atoms with Crippen molar-refractivity contribution in [2.75, 3.05) is 13.2 Å². The fraction of sp³-hybridized carbons (Fsp3) is 0.562. The third kappa shape index (κ3) is 5.91. The number of ether oxygens (including phenoxy) is 1. The molecule has 0 spiro atoms. The third-order valence-corrected chi connectivity index (χ3v) is 3.91. The van der Waals surface area contributed by atoms with Crippen LogP contribution in [-0.4, -0.2) is 52.2 Å². The summed E-state index contributed by atoms with van der Waals surface area (Å²) in [4.78, 5) is 28.8. The number of carboxylic acids is 1. The lowest BCUT2D eigenvalue weighted by atomic mass is 9.97. The highest BCUT2D eigenvalue weighted by atomic mass is 19.4. The van der Waals surface area contributed by atoms with Crippen LogP contribution in [0.5, 0.6) is 5.88 Å². The molecule has 0 bridgehead atoms. The molecule has 1 aliphatic heterocycles. The number of pyridine rings is 1. The number of carbonyl (C=O) groups is 2. The first-order valence-electron chi connectivity index (χ1n) is 7.95. The number of hydrogen-bond acceptors (Lipinski definition) is 4. The van der Waals surface area contributed by atoms with Crippen LogP contribution in [0.25, 0.3) is 0 Å². The van der Waals surface area contributed by atoms with Gasteiger partial charge in [-0.3, -0.25) is 9.59 Å². The predicted molar refractivity (Wildman–Crippen MR) is 81.3 cm³/mol. The number of aromatic nitrogens is 1. The molecule has 0 aliphatic carbocycles. The van der Waals surface area contributed by atoms with Crippen molar-refractivity contribution < 1.29 is 32.6 Å². The van der Waals surface area contributed by atoms with Gasteiger partial charge in [0.2, 0.25) is 5.88 Å². The molecule has 138 valence electrons. The van der Waals surface area contributed by atoms with Gasteiger partial charge in [0.25, 0.3) is 5.91 Å². The number of carbonyl (C=O) groups excluding carboxylic acids is 1. The van der Waals surface area contributed by atoms with Gasteiger partial charge in [0.05, 0.1) is 0 Å². The summed E-state index contributed by atoms with van der Waals surface area (Å²) in [5.74, 6) is -1.63. The Morgan fingerprint density at radius 3 is 2.76 bits per heavy atom. The van der Waals surface area contributed by atoms with Gasteiger partial charge in [-0.15, -0.1) is 0 Å². The molecule has 0 saturated carbocycles. The number of halogens is 3. The van der Waals surface area contributed by atoms with Crippen LogP contribution < -0.4 is 4.74 Å². The van der Waals surface area contributed by atoms with Crippen LogP contribution in [0.4, 0.5) is 13.2 Å². The standard InChI is InChI=1S/C16H19F3N2O4/c17-16(18,19)10-25-13-6-3-5-12(20-13)15(24)21-9-2-1-4-11(21)7-8-14(22)23/h3,5-6,11H,1-2,4,7-10H2,(H,22,23). The molecule has 25 heavy (non-hydrogen) atoms. The molecule has 1 unspecified atom stereocenters. The first-order valence-corrected chi connectivity index (χ1v) is 7.95. The molecule has 0 radical (unpaired) electrons. The summed E-state index contributed by atoms with van der Waals surface area (Å²) in [6, 6.07) is 3.85. The van der Waals surface area contributed by atoms with Crippen LogP contribution in [0, 0.1) is 0 Å². The van der Waals surface area contributed by atoms with Crippen molar-refractivity contribution in [2.45, 2.75) is 44.3 Å². The fourth-order valence-corrected chi connectivity index (χ4v) is 2.78. The summed E-state index contributed by atoms with van der Waals surface area (Å²) >= 11 is 0. The molecule has 1 aromatic heterocycles. The summed E-state index contributed by atoms with van der Waals surface area (Å²) in [7, 11) is 0. The van der Waals surface area contributed by atoms with Crippen LogP contribution >= 0.6 is 0 Å². The molecule has 1 aliphatic rings. The Kier molecular flexibility index (Phi) is 6.22. The highest BCUT2D eigenvalue weighted by Crippen LogP contribution is 2.23. The lowest BCUT2D eigenvalue weighted by Crippen LogP contribution is -2.44. The number of rotatable bonds is 6. The summed E-state index contributed by atoms with van der Waals surface area (Å²) in [6.07, 6.45) is -1.81. The second-order valence-electron chi connectivity index (χ2n) is 5.85. The van der Waals surface area contributed by atoms with Crippen molar-refractivity contribution in [3.63, 3.8) is 0 Å². The molecule has 9 heteroatoms. The lowest BCUT2D eigenvalue weighted by molar-refractivity contribution is -0.154. The zero-order valence-corrected chi connectivity index (χ0v) is 13.5. The SMILES string of the molecule is O=C(O)CCC1CCCCN1C(=O)c1cccc(OCC(F)(F)F)n1. The van der Waals surface area contributed by atoms with Crippen LogP contribution in [0.3, 0.4) is 0 Å². The molecule has 1 aromatic rings. The largest absolute Gasteiger partial charge is 0.481 e. The van der Waals surface area contributed by atoms with Crippen molar-refractivity contribution in [1.82, 2.24) is 9.88 Å². The fourth-order valence-electron chi connectivity index (χ4n) is 2.78. The Morgan fingerprint density at radius 1 is 1.32 bits per heavy atom. The number of likely N-dealkylation sites (tertiary alicyclic amines) is 1. The van der Waals surface area contributed by atoms with E-state index in [4.69, 9.17) is 5.11 Å². The average Bonchev–Trinajstić information content (AvgIpc) is 2.57. The first-order chi connectivity index (χ1) is 11.8. The van der Waals surface area contributed by atoms with Gasteiger partial charge < -0.3 is 14.7 Å². The first kappa shape index (κ1) is 19.0. The smallest absolute Gasteiger partial charge is 0.422 e. The minimum Gasteiger partial charge on any atom is -0.481 e. The molecule has 2 rings (SSSR count).